The second kappa shape index (κ2) is 17.1. The van der Waals surface area contributed by atoms with Crippen molar-refractivity contribution in [3.8, 4) is 0 Å². The summed E-state index contributed by atoms with van der Waals surface area (Å²) in [4.78, 5) is 0. The lowest BCUT2D eigenvalue weighted by Crippen LogP contribution is -1.83. The minimum Gasteiger partial charge on any atom is -0.396 e. The van der Waals surface area contributed by atoms with Crippen molar-refractivity contribution in [2.24, 2.45) is 5.73 Å². The minimum atomic E-state index is 0.369. The first kappa shape index (κ1) is 14.4. The van der Waals surface area contributed by atoms with E-state index in [1.165, 1.54) is 45.6 Å². The van der Waals surface area contributed by atoms with Gasteiger partial charge in [0.1, 0.15) is 0 Å². The van der Waals surface area contributed by atoms with E-state index in [0.717, 1.165) is 6.42 Å². The Bertz CT molecular complexity index is 49.8. The van der Waals surface area contributed by atoms with E-state index in [2.05, 4.69) is 12.7 Å². The molecule has 0 unspecified atom stereocenters. The zero-order chi connectivity index (χ0) is 9.66. The molecule has 0 aliphatic rings. The fraction of sp³-hybridized carbons (Fsp3) is 1.00. The van der Waals surface area contributed by atoms with E-state index in [4.69, 9.17) is 5.11 Å². The van der Waals surface area contributed by atoms with Crippen molar-refractivity contribution in [1.82, 2.24) is 0 Å². The second-order valence-electron chi connectivity index (χ2n) is 2.84. The predicted molar refractivity (Wildman–Crippen MR) is 55.2 cm³/mol. The van der Waals surface area contributed by atoms with E-state index in [1.807, 2.05) is 0 Å². The highest BCUT2D eigenvalue weighted by Crippen LogP contribution is 2.05. The van der Waals surface area contributed by atoms with E-state index in [0.29, 0.717) is 6.61 Å². The Morgan fingerprint density at radius 3 is 1.67 bits per heavy atom. The van der Waals surface area contributed by atoms with Crippen LogP contribution in [0.25, 0.3) is 0 Å². The van der Waals surface area contributed by atoms with Gasteiger partial charge in [-0.15, -0.1) is 0 Å². The van der Waals surface area contributed by atoms with Gasteiger partial charge in [0.25, 0.3) is 0 Å². The molecule has 0 rings (SSSR count). The van der Waals surface area contributed by atoms with Gasteiger partial charge in [0, 0.05) is 6.61 Å². The third-order valence-corrected chi connectivity index (χ3v) is 1.76. The molecule has 3 N–H and O–H groups in total. The van der Waals surface area contributed by atoms with Crippen LogP contribution in [0.4, 0.5) is 0 Å². The molecule has 0 saturated heterocycles. The molecule has 0 aromatic carbocycles. The molecule has 0 amide bonds. The maximum atomic E-state index is 8.47. The fourth-order valence-corrected chi connectivity index (χ4v) is 1.07. The second-order valence-corrected chi connectivity index (χ2v) is 2.84. The zero-order valence-corrected chi connectivity index (χ0v) is 8.68. The normalized spacial score (nSPS) is 9.00. The summed E-state index contributed by atoms with van der Waals surface area (Å²) >= 11 is 0. The highest BCUT2D eigenvalue weighted by atomic mass is 16.2. The van der Waals surface area contributed by atoms with E-state index in [9.17, 15) is 0 Å². The number of rotatable bonds is 7. The lowest BCUT2D eigenvalue weighted by Gasteiger charge is -1.97. The molecular weight excluding hydrogens is 150 g/mol. The van der Waals surface area contributed by atoms with Crippen LogP contribution in [-0.4, -0.2) is 18.8 Å². The first-order valence-electron chi connectivity index (χ1n) is 5.10. The van der Waals surface area contributed by atoms with Gasteiger partial charge in [0.05, 0.1) is 0 Å². The highest BCUT2D eigenvalue weighted by molar-refractivity contribution is 4.43. The summed E-state index contributed by atoms with van der Waals surface area (Å²) in [5, 5.41) is 8.47. The Hall–Kier alpha value is -0.0800. The van der Waals surface area contributed by atoms with Crippen LogP contribution < -0.4 is 5.73 Å². The van der Waals surface area contributed by atoms with Crippen LogP contribution in [0, 0.1) is 0 Å². The Morgan fingerprint density at radius 1 is 0.833 bits per heavy atom. The maximum absolute atomic E-state index is 8.47. The molecule has 0 heterocycles. The van der Waals surface area contributed by atoms with Crippen LogP contribution in [0.15, 0.2) is 0 Å². The predicted octanol–water partition coefficient (Wildman–Crippen LogP) is 2.30. The number of hydrogen-bond donors (Lipinski definition) is 2. The van der Waals surface area contributed by atoms with Crippen molar-refractivity contribution in [3.05, 3.63) is 0 Å². The molecule has 2 heteroatoms. The molecule has 0 bridgehead atoms. The van der Waals surface area contributed by atoms with Crippen LogP contribution in [0.2, 0.25) is 0 Å². The summed E-state index contributed by atoms with van der Waals surface area (Å²) in [6.07, 6.45) is 8.93. The lowest BCUT2D eigenvalue weighted by atomic mass is 10.1. The van der Waals surface area contributed by atoms with Crippen molar-refractivity contribution < 1.29 is 5.11 Å². The monoisotopic (exact) mass is 175 g/mol. The number of aliphatic hydroxyl groups is 1. The summed E-state index contributed by atoms with van der Waals surface area (Å²) in [5.41, 5.74) is 4.50. The molecule has 0 aromatic heterocycles. The molecule has 0 radical (unpaired) electrons. The Balaban J connectivity index is 0. The molecule has 0 aliphatic heterocycles. The number of unbranched alkanes of at least 4 members (excludes halogenated alkanes) is 6. The van der Waals surface area contributed by atoms with Gasteiger partial charge in [-0.05, 0) is 13.5 Å². The summed E-state index contributed by atoms with van der Waals surface area (Å²) in [6, 6.07) is 0. The topological polar surface area (TPSA) is 46.2 Å². The number of aliphatic hydroxyl groups excluding tert-OH is 1. The molecule has 2 nitrogen and oxygen atoms in total. The van der Waals surface area contributed by atoms with Crippen molar-refractivity contribution in [3.63, 3.8) is 0 Å². The molecule has 0 atom stereocenters. The van der Waals surface area contributed by atoms with Crippen LogP contribution in [0.5, 0.6) is 0 Å². The lowest BCUT2D eigenvalue weighted by molar-refractivity contribution is 0.282. The third kappa shape index (κ3) is 16.5. The number of hydrogen-bond acceptors (Lipinski definition) is 2. The van der Waals surface area contributed by atoms with E-state index in [-0.39, 0.29) is 0 Å². The smallest absolute Gasteiger partial charge is 0.0431 e. The molecule has 0 fully saturated rings. The van der Waals surface area contributed by atoms with Crippen molar-refractivity contribution >= 4 is 0 Å². The van der Waals surface area contributed by atoms with Crippen LogP contribution in [-0.2, 0) is 0 Å². The highest BCUT2D eigenvalue weighted by Gasteiger charge is 1.88. The minimum absolute atomic E-state index is 0.369. The van der Waals surface area contributed by atoms with Gasteiger partial charge in [-0.3, -0.25) is 0 Å². The Kier molecular flexibility index (Phi) is 20.6. The SMILES string of the molecule is CCCCCCCCCO.CN. The largest absolute Gasteiger partial charge is 0.396 e. The van der Waals surface area contributed by atoms with Crippen molar-refractivity contribution in [2.45, 2.75) is 51.9 Å². The van der Waals surface area contributed by atoms with Crippen LogP contribution >= 0.6 is 0 Å². The molecule has 0 saturated carbocycles. The standard InChI is InChI=1S/C9H20O.CH5N/c1-2-3-4-5-6-7-8-9-10;1-2/h10H,2-9H2,1H3;2H2,1H3. The quantitative estimate of drug-likeness (QED) is 0.583. The van der Waals surface area contributed by atoms with Gasteiger partial charge in [-0.2, -0.15) is 0 Å². The zero-order valence-electron chi connectivity index (χ0n) is 8.68. The van der Waals surface area contributed by atoms with Gasteiger partial charge >= 0.3 is 0 Å². The summed E-state index contributed by atoms with van der Waals surface area (Å²) in [6.45, 7) is 2.60. The van der Waals surface area contributed by atoms with Crippen molar-refractivity contribution in [1.29, 1.82) is 0 Å². The van der Waals surface area contributed by atoms with E-state index < -0.39 is 0 Å². The first-order chi connectivity index (χ1) is 5.91. The average Bonchev–Trinajstić information content (AvgIpc) is 2.15. The maximum Gasteiger partial charge on any atom is 0.0431 e. The van der Waals surface area contributed by atoms with Gasteiger partial charge in [0.15, 0.2) is 0 Å². The van der Waals surface area contributed by atoms with E-state index in [1.54, 1.807) is 0 Å². The van der Waals surface area contributed by atoms with Crippen molar-refractivity contribution in [2.75, 3.05) is 13.7 Å². The van der Waals surface area contributed by atoms with Crippen LogP contribution in [0.3, 0.4) is 0 Å². The van der Waals surface area contributed by atoms with Gasteiger partial charge in [-0.1, -0.05) is 45.4 Å². The molecule has 0 spiro atoms. The molecular formula is C10H25NO. The summed E-state index contributed by atoms with van der Waals surface area (Å²) in [5.74, 6) is 0. The molecule has 76 valence electrons. The Morgan fingerprint density at radius 2 is 1.25 bits per heavy atom. The fourth-order valence-electron chi connectivity index (χ4n) is 1.07. The van der Waals surface area contributed by atoms with E-state index >= 15 is 0 Å². The van der Waals surface area contributed by atoms with Gasteiger partial charge in [0.2, 0.25) is 0 Å². The summed E-state index contributed by atoms with van der Waals surface area (Å²) in [7, 11) is 1.50. The molecule has 0 aliphatic carbocycles. The third-order valence-electron chi connectivity index (χ3n) is 1.76. The average molecular weight is 175 g/mol. The summed E-state index contributed by atoms with van der Waals surface area (Å²) < 4.78 is 0. The molecule has 0 aromatic rings. The number of nitrogens with two attached hydrogens (primary N) is 1. The van der Waals surface area contributed by atoms with Crippen LogP contribution in [0.1, 0.15) is 51.9 Å². The molecule has 12 heavy (non-hydrogen) atoms. The van der Waals surface area contributed by atoms with Gasteiger partial charge in [-0.25, -0.2) is 0 Å². The first-order valence-corrected chi connectivity index (χ1v) is 5.10. The Labute approximate surface area is 77.2 Å². The van der Waals surface area contributed by atoms with Gasteiger partial charge < -0.3 is 10.8 Å².